The van der Waals surface area contributed by atoms with Crippen LogP contribution in [0.5, 0.6) is 0 Å². The fraction of sp³-hybridized carbons (Fsp3) is 0.500. The molecule has 0 aromatic carbocycles. The Balaban J connectivity index is 1.86. The molecule has 2 heterocycles. The lowest BCUT2D eigenvalue weighted by Gasteiger charge is -2.24. The smallest absolute Gasteiger partial charge is 0.203 e. The van der Waals surface area contributed by atoms with Gasteiger partial charge in [-0.3, -0.25) is 0 Å². The van der Waals surface area contributed by atoms with Gasteiger partial charge in [0.15, 0.2) is 0 Å². The van der Waals surface area contributed by atoms with Crippen LogP contribution in [0.2, 0.25) is 0 Å². The van der Waals surface area contributed by atoms with Crippen LogP contribution < -0.4 is 5.32 Å². The summed E-state index contributed by atoms with van der Waals surface area (Å²) in [4.78, 5) is 6.13. The summed E-state index contributed by atoms with van der Waals surface area (Å²) in [6, 6.07) is 2.70. The molecular weight excluding hydrogens is 242 g/mol. The number of nitrogens with zero attached hydrogens (tertiary/aromatic N) is 2. The summed E-state index contributed by atoms with van der Waals surface area (Å²) in [7, 11) is 0. The first kappa shape index (κ1) is 11.8. The molecule has 1 aliphatic carbocycles. The van der Waals surface area contributed by atoms with Gasteiger partial charge in [-0.15, -0.1) is 11.3 Å². The number of imidazole rings is 1. The minimum absolute atomic E-state index is 0.437. The molecule has 0 saturated carbocycles. The van der Waals surface area contributed by atoms with Crippen molar-refractivity contribution in [2.45, 2.75) is 45.7 Å². The topological polar surface area (TPSA) is 29.9 Å². The number of nitrogens with one attached hydrogen (secondary N) is 1. The van der Waals surface area contributed by atoms with E-state index in [-0.39, 0.29) is 0 Å². The van der Waals surface area contributed by atoms with Crippen molar-refractivity contribution < 1.29 is 0 Å². The predicted molar refractivity (Wildman–Crippen MR) is 76.3 cm³/mol. The number of aromatic nitrogens is 2. The van der Waals surface area contributed by atoms with E-state index in [9.17, 15) is 0 Å². The van der Waals surface area contributed by atoms with E-state index in [1.54, 1.807) is 4.88 Å². The quantitative estimate of drug-likeness (QED) is 0.911. The summed E-state index contributed by atoms with van der Waals surface area (Å²) >= 11 is 1.89. The minimum atomic E-state index is 0.437. The molecule has 0 bridgehead atoms. The minimum Gasteiger partial charge on any atom is -0.349 e. The van der Waals surface area contributed by atoms with Crippen molar-refractivity contribution >= 4 is 17.3 Å². The third kappa shape index (κ3) is 2.05. The molecule has 2 aromatic heterocycles. The van der Waals surface area contributed by atoms with Gasteiger partial charge < -0.3 is 9.88 Å². The molecule has 3 nitrogen and oxygen atoms in total. The van der Waals surface area contributed by atoms with Gasteiger partial charge in [0.2, 0.25) is 5.95 Å². The van der Waals surface area contributed by atoms with Crippen LogP contribution in [0.25, 0.3) is 0 Å². The van der Waals surface area contributed by atoms with Crippen molar-refractivity contribution in [3.05, 3.63) is 33.8 Å². The van der Waals surface area contributed by atoms with Gasteiger partial charge in [-0.05, 0) is 50.1 Å². The molecule has 2 aromatic rings. The lowest BCUT2D eigenvalue weighted by atomic mass is 9.94. The van der Waals surface area contributed by atoms with Crippen molar-refractivity contribution in [3.63, 3.8) is 0 Å². The summed E-state index contributed by atoms with van der Waals surface area (Å²) in [5.41, 5.74) is 2.57. The van der Waals surface area contributed by atoms with Crippen LogP contribution in [0.15, 0.2) is 17.6 Å². The Morgan fingerprint density at radius 1 is 1.56 bits per heavy atom. The first-order valence-electron chi connectivity index (χ1n) is 6.64. The molecule has 0 saturated heterocycles. The van der Waals surface area contributed by atoms with Gasteiger partial charge >= 0.3 is 0 Å². The lowest BCUT2D eigenvalue weighted by Crippen LogP contribution is -2.18. The first-order valence-corrected chi connectivity index (χ1v) is 7.52. The van der Waals surface area contributed by atoms with E-state index in [2.05, 4.69) is 39.4 Å². The Kier molecular flexibility index (Phi) is 3.12. The number of fused-ring (bicyclic) bond motifs is 1. The van der Waals surface area contributed by atoms with Gasteiger partial charge in [0, 0.05) is 17.6 Å². The lowest BCUT2D eigenvalue weighted by molar-refractivity contribution is 0.598. The predicted octanol–water partition coefficient (Wildman–Crippen LogP) is 3.76. The van der Waals surface area contributed by atoms with Crippen LogP contribution in [-0.2, 0) is 13.0 Å². The molecule has 1 atom stereocenters. The summed E-state index contributed by atoms with van der Waals surface area (Å²) in [6.07, 6.45) is 5.84. The average Bonchev–Trinajstić information content (AvgIpc) is 2.96. The van der Waals surface area contributed by atoms with Crippen LogP contribution in [0.1, 0.15) is 41.9 Å². The molecule has 0 amide bonds. The SMILES string of the molecule is CCn1cc(C)nc1NC1CCCc2sccc21. The van der Waals surface area contributed by atoms with E-state index in [0.29, 0.717) is 6.04 Å². The standard InChI is InChI=1S/C14H19N3S/c1-3-17-9-10(2)15-14(17)16-12-5-4-6-13-11(12)7-8-18-13/h7-9,12H,3-6H2,1-2H3,(H,15,16). The van der Waals surface area contributed by atoms with Crippen LogP contribution in [0.4, 0.5) is 5.95 Å². The average molecular weight is 261 g/mol. The molecule has 0 aliphatic heterocycles. The highest BCUT2D eigenvalue weighted by molar-refractivity contribution is 7.10. The Bertz CT molecular complexity index is 541. The van der Waals surface area contributed by atoms with Crippen molar-refractivity contribution in [3.8, 4) is 0 Å². The summed E-state index contributed by atoms with van der Waals surface area (Å²) in [5, 5.41) is 5.83. The zero-order chi connectivity index (χ0) is 12.5. The van der Waals surface area contributed by atoms with Crippen molar-refractivity contribution in [1.29, 1.82) is 0 Å². The Morgan fingerprint density at radius 3 is 3.28 bits per heavy atom. The maximum atomic E-state index is 4.59. The maximum Gasteiger partial charge on any atom is 0.203 e. The number of thiophene rings is 1. The highest BCUT2D eigenvalue weighted by Gasteiger charge is 2.22. The Morgan fingerprint density at radius 2 is 2.44 bits per heavy atom. The van der Waals surface area contributed by atoms with Crippen LogP contribution in [0.3, 0.4) is 0 Å². The Labute approximate surface area is 112 Å². The van der Waals surface area contributed by atoms with E-state index < -0.39 is 0 Å². The van der Waals surface area contributed by atoms with Gasteiger partial charge in [0.1, 0.15) is 0 Å². The monoisotopic (exact) mass is 261 g/mol. The second kappa shape index (κ2) is 4.76. The largest absolute Gasteiger partial charge is 0.349 e. The second-order valence-electron chi connectivity index (χ2n) is 4.88. The van der Waals surface area contributed by atoms with E-state index in [1.165, 1.54) is 24.8 Å². The molecule has 1 aliphatic rings. The molecule has 1 unspecified atom stereocenters. The number of rotatable bonds is 3. The Hall–Kier alpha value is -1.29. The number of aryl methyl sites for hydroxylation is 3. The molecule has 4 heteroatoms. The third-order valence-electron chi connectivity index (χ3n) is 3.59. The van der Waals surface area contributed by atoms with Crippen molar-refractivity contribution in [1.82, 2.24) is 9.55 Å². The number of anilines is 1. The normalized spacial score (nSPS) is 18.7. The molecule has 3 rings (SSSR count). The van der Waals surface area contributed by atoms with E-state index in [0.717, 1.165) is 18.2 Å². The maximum absolute atomic E-state index is 4.59. The summed E-state index contributed by atoms with van der Waals surface area (Å²) in [5.74, 6) is 1.01. The fourth-order valence-electron chi connectivity index (χ4n) is 2.70. The van der Waals surface area contributed by atoms with Gasteiger partial charge in [-0.25, -0.2) is 4.98 Å². The molecule has 96 valence electrons. The highest BCUT2D eigenvalue weighted by Crippen LogP contribution is 2.35. The third-order valence-corrected chi connectivity index (χ3v) is 4.59. The number of hydrogen-bond donors (Lipinski definition) is 1. The van der Waals surface area contributed by atoms with Crippen LogP contribution >= 0.6 is 11.3 Å². The molecule has 0 fully saturated rings. The van der Waals surface area contributed by atoms with Gasteiger partial charge in [0.05, 0.1) is 11.7 Å². The van der Waals surface area contributed by atoms with Gasteiger partial charge in [-0.2, -0.15) is 0 Å². The first-order chi connectivity index (χ1) is 8.78. The summed E-state index contributed by atoms with van der Waals surface area (Å²) < 4.78 is 2.19. The molecular formula is C14H19N3S. The highest BCUT2D eigenvalue weighted by atomic mass is 32.1. The second-order valence-corrected chi connectivity index (χ2v) is 5.88. The zero-order valence-corrected chi connectivity index (χ0v) is 11.8. The van der Waals surface area contributed by atoms with E-state index >= 15 is 0 Å². The van der Waals surface area contributed by atoms with Crippen LogP contribution in [-0.4, -0.2) is 9.55 Å². The molecule has 18 heavy (non-hydrogen) atoms. The molecule has 0 spiro atoms. The van der Waals surface area contributed by atoms with Crippen molar-refractivity contribution in [2.75, 3.05) is 5.32 Å². The molecule has 1 N–H and O–H groups in total. The fourth-order valence-corrected chi connectivity index (χ4v) is 3.68. The number of hydrogen-bond acceptors (Lipinski definition) is 3. The summed E-state index contributed by atoms with van der Waals surface area (Å²) in [6.45, 7) is 5.17. The van der Waals surface area contributed by atoms with E-state index in [4.69, 9.17) is 0 Å². The van der Waals surface area contributed by atoms with Crippen molar-refractivity contribution in [2.24, 2.45) is 0 Å². The van der Waals surface area contributed by atoms with E-state index in [1.807, 2.05) is 18.3 Å². The zero-order valence-electron chi connectivity index (χ0n) is 10.9. The van der Waals surface area contributed by atoms with Gasteiger partial charge in [0.25, 0.3) is 0 Å². The molecule has 0 radical (unpaired) electrons. The van der Waals surface area contributed by atoms with Gasteiger partial charge in [-0.1, -0.05) is 0 Å². The van der Waals surface area contributed by atoms with Crippen LogP contribution in [0, 0.1) is 6.92 Å².